The molecule has 4 nitrogen and oxygen atoms in total. The van der Waals surface area contributed by atoms with E-state index < -0.39 is 0 Å². The molecule has 0 aromatic carbocycles. The molecule has 1 aromatic heterocycles. The SMILES string of the molecule is O=c1cc(N2CC3CCCC3C2)nc[nH]1. The molecule has 1 saturated heterocycles. The number of hydrogen-bond acceptors (Lipinski definition) is 3. The molecule has 0 amide bonds. The Balaban J connectivity index is 1.82. The number of nitrogens with one attached hydrogen (secondary N) is 1. The Morgan fingerprint density at radius 2 is 2.07 bits per heavy atom. The van der Waals surface area contributed by atoms with Crippen molar-refractivity contribution in [1.82, 2.24) is 9.97 Å². The van der Waals surface area contributed by atoms with Crippen molar-refractivity contribution in [2.24, 2.45) is 11.8 Å². The van der Waals surface area contributed by atoms with E-state index in [9.17, 15) is 4.79 Å². The summed E-state index contributed by atoms with van der Waals surface area (Å²) in [7, 11) is 0. The maximum Gasteiger partial charge on any atom is 0.252 e. The van der Waals surface area contributed by atoms with Gasteiger partial charge in [0.05, 0.1) is 6.33 Å². The number of anilines is 1. The molecule has 2 aliphatic rings. The Labute approximate surface area is 88.3 Å². The minimum atomic E-state index is -0.0583. The van der Waals surface area contributed by atoms with Gasteiger partial charge in [0.1, 0.15) is 5.82 Å². The second kappa shape index (κ2) is 3.36. The third kappa shape index (κ3) is 1.54. The van der Waals surface area contributed by atoms with Gasteiger partial charge in [0.2, 0.25) is 0 Å². The van der Waals surface area contributed by atoms with Gasteiger partial charge in [-0.25, -0.2) is 4.98 Å². The Hall–Kier alpha value is -1.32. The van der Waals surface area contributed by atoms with Crippen LogP contribution in [-0.4, -0.2) is 23.1 Å². The summed E-state index contributed by atoms with van der Waals surface area (Å²) in [5, 5.41) is 0. The molecule has 0 radical (unpaired) electrons. The number of H-pyrrole nitrogens is 1. The Morgan fingerprint density at radius 3 is 2.73 bits per heavy atom. The van der Waals surface area contributed by atoms with Crippen molar-refractivity contribution in [1.29, 1.82) is 0 Å². The molecule has 1 aliphatic heterocycles. The van der Waals surface area contributed by atoms with Crippen LogP contribution in [0.4, 0.5) is 5.82 Å². The lowest BCUT2D eigenvalue weighted by atomic mass is 10.0. The van der Waals surface area contributed by atoms with Gasteiger partial charge in [0, 0.05) is 19.2 Å². The third-order valence-electron chi connectivity index (χ3n) is 3.71. The molecular weight excluding hydrogens is 190 g/mol. The standard InChI is InChI=1S/C11H15N3O/c15-11-4-10(12-7-13-11)14-5-8-2-1-3-9(8)6-14/h4,7-9H,1-3,5-6H2,(H,12,13,15). The molecule has 80 valence electrons. The number of hydrogen-bond donors (Lipinski definition) is 1. The van der Waals surface area contributed by atoms with E-state index in [0.717, 1.165) is 30.7 Å². The van der Waals surface area contributed by atoms with Gasteiger partial charge >= 0.3 is 0 Å². The zero-order valence-electron chi connectivity index (χ0n) is 8.65. The molecule has 3 rings (SSSR count). The van der Waals surface area contributed by atoms with Crippen LogP contribution in [0.1, 0.15) is 19.3 Å². The number of rotatable bonds is 1. The molecule has 1 aliphatic carbocycles. The highest BCUT2D eigenvalue weighted by Gasteiger charge is 2.36. The summed E-state index contributed by atoms with van der Waals surface area (Å²) in [6.07, 6.45) is 5.58. The molecule has 15 heavy (non-hydrogen) atoms. The van der Waals surface area contributed by atoms with Gasteiger partial charge in [0.25, 0.3) is 5.56 Å². The summed E-state index contributed by atoms with van der Waals surface area (Å²) in [4.78, 5) is 20.2. The van der Waals surface area contributed by atoms with Crippen LogP contribution in [-0.2, 0) is 0 Å². The van der Waals surface area contributed by atoms with Crippen molar-refractivity contribution in [2.45, 2.75) is 19.3 Å². The molecule has 0 bridgehead atoms. The van der Waals surface area contributed by atoms with Gasteiger partial charge in [-0.15, -0.1) is 0 Å². The number of nitrogens with zero attached hydrogens (tertiary/aromatic N) is 2. The maximum atomic E-state index is 11.2. The highest BCUT2D eigenvalue weighted by molar-refractivity contribution is 5.38. The summed E-state index contributed by atoms with van der Waals surface area (Å²) in [6, 6.07) is 1.60. The van der Waals surface area contributed by atoms with E-state index >= 15 is 0 Å². The first-order valence-electron chi connectivity index (χ1n) is 5.62. The average molecular weight is 205 g/mol. The van der Waals surface area contributed by atoms with Crippen LogP contribution < -0.4 is 10.5 Å². The van der Waals surface area contributed by atoms with E-state index in [1.807, 2.05) is 0 Å². The minimum absolute atomic E-state index is 0.0583. The summed E-state index contributed by atoms with van der Waals surface area (Å²) < 4.78 is 0. The van der Waals surface area contributed by atoms with Crippen LogP contribution in [0, 0.1) is 11.8 Å². The second-order valence-electron chi connectivity index (χ2n) is 4.63. The number of aromatic amines is 1. The molecule has 1 saturated carbocycles. The van der Waals surface area contributed by atoms with E-state index in [1.54, 1.807) is 6.07 Å². The lowest BCUT2D eigenvalue weighted by Gasteiger charge is -2.17. The van der Waals surface area contributed by atoms with Crippen molar-refractivity contribution in [3.8, 4) is 0 Å². The minimum Gasteiger partial charge on any atom is -0.356 e. The number of fused-ring (bicyclic) bond motifs is 1. The van der Waals surface area contributed by atoms with Crippen molar-refractivity contribution in [2.75, 3.05) is 18.0 Å². The number of aromatic nitrogens is 2. The molecule has 1 N–H and O–H groups in total. The van der Waals surface area contributed by atoms with Gasteiger partial charge in [-0.3, -0.25) is 4.79 Å². The zero-order chi connectivity index (χ0) is 10.3. The Morgan fingerprint density at radius 1 is 1.33 bits per heavy atom. The van der Waals surface area contributed by atoms with Crippen LogP contribution in [0.15, 0.2) is 17.2 Å². The summed E-state index contributed by atoms with van der Waals surface area (Å²) in [5.41, 5.74) is -0.0583. The first-order valence-corrected chi connectivity index (χ1v) is 5.62. The van der Waals surface area contributed by atoms with Crippen molar-refractivity contribution in [3.05, 3.63) is 22.7 Å². The molecular formula is C11H15N3O. The van der Waals surface area contributed by atoms with Crippen molar-refractivity contribution < 1.29 is 0 Å². The van der Waals surface area contributed by atoms with Gasteiger partial charge in [0.15, 0.2) is 0 Å². The molecule has 0 spiro atoms. The fourth-order valence-electron chi connectivity index (χ4n) is 2.95. The molecule has 2 heterocycles. The third-order valence-corrected chi connectivity index (χ3v) is 3.71. The first kappa shape index (κ1) is 8.95. The maximum absolute atomic E-state index is 11.2. The summed E-state index contributed by atoms with van der Waals surface area (Å²) >= 11 is 0. The fourth-order valence-corrected chi connectivity index (χ4v) is 2.95. The van der Waals surface area contributed by atoms with Gasteiger partial charge in [-0.2, -0.15) is 0 Å². The second-order valence-corrected chi connectivity index (χ2v) is 4.63. The lowest BCUT2D eigenvalue weighted by Crippen LogP contribution is -2.23. The molecule has 2 unspecified atom stereocenters. The molecule has 2 fully saturated rings. The zero-order valence-corrected chi connectivity index (χ0v) is 8.65. The van der Waals surface area contributed by atoms with Gasteiger partial charge in [-0.05, 0) is 24.7 Å². The average Bonchev–Trinajstić information content (AvgIpc) is 2.76. The van der Waals surface area contributed by atoms with E-state index in [4.69, 9.17) is 0 Å². The monoisotopic (exact) mass is 205 g/mol. The Kier molecular flexibility index (Phi) is 2.01. The van der Waals surface area contributed by atoms with Crippen LogP contribution >= 0.6 is 0 Å². The van der Waals surface area contributed by atoms with Crippen LogP contribution in [0.25, 0.3) is 0 Å². The molecule has 2 atom stereocenters. The predicted molar refractivity (Wildman–Crippen MR) is 57.9 cm³/mol. The van der Waals surface area contributed by atoms with E-state index in [0.29, 0.717) is 0 Å². The van der Waals surface area contributed by atoms with E-state index in [1.165, 1.54) is 25.6 Å². The van der Waals surface area contributed by atoms with Crippen LogP contribution in [0.2, 0.25) is 0 Å². The van der Waals surface area contributed by atoms with Crippen molar-refractivity contribution in [3.63, 3.8) is 0 Å². The van der Waals surface area contributed by atoms with E-state index in [-0.39, 0.29) is 5.56 Å². The topological polar surface area (TPSA) is 49.0 Å². The highest BCUT2D eigenvalue weighted by Crippen LogP contribution is 2.38. The van der Waals surface area contributed by atoms with Gasteiger partial charge < -0.3 is 9.88 Å². The summed E-state index contributed by atoms with van der Waals surface area (Å²) in [5.74, 6) is 2.52. The van der Waals surface area contributed by atoms with Crippen molar-refractivity contribution >= 4 is 5.82 Å². The van der Waals surface area contributed by atoms with Crippen LogP contribution in [0.5, 0.6) is 0 Å². The molecule has 1 aromatic rings. The van der Waals surface area contributed by atoms with E-state index in [2.05, 4.69) is 14.9 Å². The highest BCUT2D eigenvalue weighted by atomic mass is 16.1. The Bertz CT molecular complexity index is 402. The smallest absolute Gasteiger partial charge is 0.252 e. The summed E-state index contributed by atoms with van der Waals surface area (Å²) in [6.45, 7) is 2.17. The van der Waals surface area contributed by atoms with Gasteiger partial charge in [-0.1, -0.05) is 6.42 Å². The lowest BCUT2D eigenvalue weighted by molar-refractivity contribution is 0.494. The predicted octanol–water partition coefficient (Wildman–Crippen LogP) is 1.01. The van der Waals surface area contributed by atoms with Crippen LogP contribution in [0.3, 0.4) is 0 Å². The largest absolute Gasteiger partial charge is 0.356 e. The normalized spacial score (nSPS) is 29.5. The quantitative estimate of drug-likeness (QED) is 0.744. The fraction of sp³-hybridized carbons (Fsp3) is 0.636. The first-order chi connectivity index (χ1) is 7.33. The molecule has 4 heteroatoms.